The van der Waals surface area contributed by atoms with Gasteiger partial charge in [0, 0.05) is 29.0 Å². The van der Waals surface area contributed by atoms with Crippen molar-refractivity contribution >= 4 is 34.1 Å². The number of aromatic nitrogens is 1. The number of hydrogen-bond acceptors (Lipinski definition) is 6. The number of pyridine rings is 1. The third-order valence-electron chi connectivity index (χ3n) is 8.76. The summed E-state index contributed by atoms with van der Waals surface area (Å²) in [6, 6.07) is 20.3. The van der Waals surface area contributed by atoms with Crippen LogP contribution in [0, 0.1) is 12.3 Å². The molecule has 8 nitrogen and oxygen atoms in total. The highest BCUT2D eigenvalue weighted by Gasteiger charge is 2.56. The van der Waals surface area contributed by atoms with E-state index in [4.69, 9.17) is 14.2 Å². The number of nitrogens with zero attached hydrogens (tertiary/aromatic N) is 1. The Morgan fingerprint density at radius 3 is 1.94 bits per heavy atom. The van der Waals surface area contributed by atoms with Gasteiger partial charge >= 0.3 is 0 Å². The number of nitrogens with one attached hydrogen (secondary N) is 2. The summed E-state index contributed by atoms with van der Waals surface area (Å²) in [5.41, 5.74) is 2.06. The maximum absolute atomic E-state index is 13.1. The second-order valence-electron chi connectivity index (χ2n) is 12.5. The Labute approximate surface area is 278 Å². The molecule has 2 N–H and O–H groups in total. The first kappa shape index (κ1) is 33.8. The van der Waals surface area contributed by atoms with Crippen LogP contribution in [0.1, 0.15) is 83.1 Å². The summed E-state index contributed by atoms with van der Waals surface area (Å²) in [6.45, 7) is 4.86. The molecule has 0 bridgehead atoms. The maximum Gasteiger partial charge on any atom is 0.240 e. The summed E-state index contributed by atoms with van der Waals surface area (Å²) < 4.78 is 18.0. The van der Waals surface area contributed by atoms with E-state index in [9.17, 15) is 9.59 Å². The fourth-order valence-corrected chi connectivity index (χ4v) is 5.64. The fourth-order valence-electron chi connectivity index (χ4n) is 5.64. The number of anilines is 2. The molecule has 1 saturated carbocycles. The average Bonchev–Trinajstić information content (AvgIpc) is 3.90. The van der Waals surface area contributed by atoms with Crippen LogP contribution in [0.25, 0.3) is 10.9 Å². The minimum absolute atomic E-state index is 0.281. The molecule has 1 heterocycles. The molecule has 1 aliphatic rings. The van der Waals surface area contributed by atoms with Gasteiger partial charge in [-0.15, -0.1) is 0 Å². The van der Waals surface area contributed by atoms with E-state index in [-0.39, 0.29) is 11.8 Å². The zero-order valence-corrected chi connectivity index (χ0v) is 27.9. The molecule has 4 aromatic rings. The van der Waals surface area contributed by atoms with Gasteiger partial charge in [0.2, 0.25) is 11.8 Å². The number of amides is 2. The number of benzene rings is 3. The quantitative estimate of drug-likeness (QED) is 0.0833. The molecule has 1 aliphatic carbocycles. The number of unbranched alkanes of at least 4 members (excludes halogenated alkanes) is 8. The second-order valence-corrected chi connectivity index (χ2v) is 12.5. The van der Waals surface area contributed by atoms with E-state index in [2.05, 4.69) is 22.5 Å². The van der Waals surface area contributed by atoms with Gasteiger partial charge in [-0.3, -0.25) is 14.6 Å². The SMILES string of the molecule is CCCCCCCCCCCOc1cc2c(Oc3ccc(NC(=O)C4(C(=O)Nc5ccc(C)cc5)CC4)cc3)ccnc2cc1OC. The molecule has 5 rings (SSSR count). The van der Waals surface area contributed by atoms with E-state index in [0.29, 0.717) is 53.8 Å². The van der Waals surface area contributed by atoms with Gasteiger partial charge < -0.3 is 24.8 Å². The number of ether oxygens (including phenoxy) is 3. The minimum Gasteiger partial charge on any atom is -0.493 e. The lowest BCUT2D eigenvalue weighted by atomic mass is 10.0. The molecule has 3 aromatic carbocycles. The Bertz CT molecular complexity index is 1630. The Morgan fingerprint density at radius 1 is 0.745 bits per heavy atom. The maximum atomic E-state index is 13.1. The van der Waals surface area contributed by atoms with Crippen LogP contribution in [0.4, 0.5) is 11.4 Å². The average molecular weight is 638 g/mol. The second kappa shape index (κ2) is 16.3. The summed E-state index contributed by atoms with van der Waals surface area (Å²) in [5, 5.41) is 6.61. The molecule has 1 fully saturated rings. The highest BCUT2D eigenvalue weighted by molar-refractivity contribution is 6.16. The Balaban J connectivity index is 1.16. The predicted molar refractivity (Wildman–Crippen MR) is 188 cm³/mol. The third-order valence-corrected chi connectivity index (χ3v) is 8.76. The predicted octanol–water partition coefficient (Wildman–Crippen LogP) is 9.61. The van der Waals surface area contributed by atoms with Crippen molar-refractivity contribution in [1.82, 2.24) is 4.98 Å². The van der Waals surface area contributed by atoms with E-state index >= 15 is 0 Å². The topological polar surface area (TPSA) is 98.8 Å². The molecule has 0 unspecified atom stereocenters. The molecule has 2 amide bonds. The molecule has 0 aliphatic heterocycles. The summed E-state index contributed by atoms with van der Waals surface area (Å²) in [4.78, 5) is 30.6. The first-order valence-electron chi connectivity index (χ1n) is 17.0. The number of hydrogen-bond donors (Lipinski definition) is 2. The highest BCUT2D eigenvalue weighted by Crippen LogP contribution is 2.47. The zero-order valence-electron chi connectivity index (χ0n) is 27.9. The molecular formula is C39H47N3O5. The van der Waals surface area contributed by atoms with Gasteiger partial charge in [-0.1, -0.05) is 76.0 Å². The van der Waals surface area contributed by atoms with Crippen LogP contribution in [-0.2, 0) is 9.59 Å². The lowest BCUT2D eigenvalue weighted by Crippen LogP contribution is -2.35. The lowest BCUT2D eigenvalue weighted by Gasteiger charge is -2.16. The fraction of sp³-hybridized carbons (Fsp3) is 0.410. The normalized spacial score (nSPS) is 13.2. The van der Waals surface area contributed by atoms with Crippen LogP contribution in [0.3, 0.4) is 0 Å². The molecule has 0 radical (unpaired) electrons. The van der Waals surface area contributed by atoms with Crippen molar-refractivity contribution in [2.24, 2.45) is 5.41 Å². The van der Waals surface area contributed by atoms with E-state index in [0.717, 1.165) is 29.3 Å². The molecule has 1 aromatic heterocycles. The summed E-state index contributed by atoms with van der Waals surface area (Å²) in [5.74, 6) is 1.94. The number of fused-ring (bicyclic) bond motifs is 1. The lowest BCUT2D eigenvalue weighted by molar-refractivity contribution is -0.131. The first-order valence-corrected chi connectivity index (χ1v) is 17.0. The summed E-state index contributed by atoms with van der Waals surface area (Å²) in [7, 11) is 1.63. The molecule has 0 atom stereocenters. The van der Waals surface area contributed by atoms with Crippen LogP contribution >= 0.6 is 0 Å². The van der Waals surface area contributed by atoms with Gasteiger partial charge in [-0.25, -0.2) is 0 Å². The largest absolute Gasteiger partial charge is 0.493 e. The van der Waals surface area contributed by atoms with Crippen molar-refractivity contribution in [2.75, 3.05) is 24.4 Å². The molecule has 0 saturated heterocycles. The highest BCUT2D eigenvalue weighted by atomic mass is 16.5. The van der Waals surface area contributed by atoms with Crippen molar-refractivity contribution < 1.29 is 23.8 Å². The van der Waals surface area contributed by atoms with Crippen LogP contribution in [0.15, 0.2) is 72.9 Å². The molecule has 8 heteroatoms. The van der Waals surface area contributed by atoms with Crippen molar-refractivity contribution in [3.63, 3.8) is 0 Å². The Hall–Kier alpha value is -4.59. The number of rotatable bonds is 18. The van der Waals surface area contributed by atoms with Gasteiger partial charge in [0.1, 0.15) is 16.9 Å². The number of aryl methyl sites for hydroxylation is 1. The first-order chi connectivity index (χ1) is 22.9. The number of carbonyl (C=O) groups excluding carboxylic acids is 2. The van der Waals surface area contributed by atoms with Crippen LogP contribution in [0.2, 0.25) is 0 Å². The van der Waals surface area contributed by atoms with Crippen LogP contribution < -0.4 is 24.8 Å². The minimum atomic E-state index is -1.05. The van der Waals surface area contributed by atoms with Gasteiger partial charge in [0.05, 0.1) is 19.2 Å². The molecule has 47 heavy (non-hydrogen) atoms. The third kappa shape index (κ3) is 9.03. The Morgan fingerprint density at radius 2 is 1.34 bits per heavy atom. The standard InChI is InChI=1S/C39H47N3O5/c1-4-5-6-7-8-9-10-11-12-25-46-36-26-32-33(27-35(36)45-3)40-24-21-34(32)47-31-19-17-30(18-20-31)42-38(44)39(22-23-39)37(43)41-29-15-13-28(2)14-16-29/h13-21,24,26-27H,4-12,22-23,25H2,1-3H3,(H,41,43)(H,42,44). The van der Waals surface area contributed by atoms with Gasteiger partial charge in [0.25, 0.3) is 0 Å². The van der Waals surface area contributed by atoms with E-state index in [1.807, 2.05) is 49.4 Å². The van der Waals surface area contributed by atoms with E-state index in [1.54, 1.807) is 37.6 Å². The van der Waals surface area contributed by atoms with Crippen molar-refractivity contribution in [2.45, 2.75) is 84.5 Å². The molecular weight excluding hydrogens is 590 g/mol. The van der Waals surface area contributed by atoms with Gasteiger partial charge in [0.15, 0.2) is 11.5 Å². The smallest absolute Gasteiger partial charge is 0.240 e. The number of methoxy groups -OCH3 is 1. The molecule has 0 spiro atoms. The summed E-state index contributed by atoms with van der Waals surface area (Å²) in [6.07, 6.45) is 14.0. The van der Waals surface area contributed by atoms with E-state index < -0.39 is 5.41 Å². The monoisotopic (exact) mass is 637 g/mol. The Kier molecular flexibility index (Phi) is 11.7. The summed E-state index contributed by atoms with van der Waals surface area (Å²) >= 11 is 0. The van der Waals surface area contributed by atoms with Crippen molar-refractivity contribution in [1.29, 1.82) is 0 Å². The van der Waals surface area contributed by atoms with Gasteiger partial charge in [-0.05, 0) is 74.7 Å². The van der Waals surface area contributed by atoms with Crippen molar-refractivity contribution in [3.8, 4) is 23.0 Å². The molecule has 248 valence electrons. The number of carbonyl (C=O) groups is 2. The van der Waals surface area contributed by atoms with Gasteiger partial charge in [-0.2, -0.15) is 0 Å². The van der Waals surface area contributed by atoms with Crippen LogP contribution in [-0.4, -0.2) is 30.5 Å². The zero-order chi connectivity index (χ0) is 33.1. The van der Waals surface area contributed by atoms with Crippen molar-refractivity contribution in [3.05, 3.63) is 78.5 Å². The van der Waals surface area contributed by atoms with E-state index in [1.165, 1.54) is 44.9 Å². The van der Waals surface area contributed by atoms with Crippen LogP contribution in [0.5, 0.6) is 23.0 Å².